The van der Waals surface area contributed by atoms with Crippen molar-refractivity contribution in [3.8, 4) is 0 Å². The highest BCUT2D eigenvalue weighted by molar-refractivity contribution is 5.81. The molecule has 0 amide bonds. The summed E-state index contributed by atoms with van der Waals surface area (Å²) in [6.45, 7) is 13.1. The van der Waals surface area contributed by atoms with Crippen molar-refractivity contribution in [1.82, 2.24) is 5.43 Å². The second-order valence-corrected chi connectivity index (χ2v) is 5.64. The molecular weight excluding hydrogens is 184 g/mol. The van der Waals surface area contributed by atoms with Crippen molar-refractivity contribution < 1.29 is 0 Å². The van der Waals surface area contributed by atoms with Crippen molar-refractivity contribution in [2.45, 2.75) is 72.8 Å². The maximum Gasteiger partial charge on any atom is 0.0464 e. The molecule has 0 aromatic carbocycles. The number of hydrogen-bond acceptors (Lipinski definition) is 2. The molecule has 1 unspecified atom stereocenters. The molecule has 90 valence electrons. The lowest BCUT2D eigenvalue weighted by Gasteiger charge is -2.18. The van der Waals surface area contributed by atoms with Gasteiger partial charge < -0.3 is 5.43 Å². The van der Waals surface area contributed by atoms with Crippen LogP contribution in [0.25, 0.3) is 0 Å². The Kier molecular flexibility index (Phi) is 6.62. The highest BCUT2D eigenvalue weighted by Crippen LogP contribution is 2.12. The van der Waals surface area contributed by atoms with Crippen LogP contribution in [0, 0.1) is 5.92 Å². The molecule has 1 N–H and O–H groups in total. The van der Waals surface area contributed by atoms with E-state index in [1.54, 1.807) is 0 Å². The van der Waals surface area contributed by atoms with Crippen LogP contribution in [0.3, 0.4) is 0 Å². The second kappa shape index (κ2) is 6.86. The second-order valence-electron chi connectivity index (χ2n) is 5.64. The van der Waals surface area contributed by atoms with Crippen molar-refractivity contribution in [3.05, 3.63) is 0 Å². The van der Waals surface area contributed by atoms with Gasteiger partial charge in [-0.1, -0.05) is 26.7 Å². The fourth-order valence-electron chi connectivity index (χ4n) is 1.41. The normalized spacial score (nSPS) is 15.2. The summed E-state index contributed by atoms with van der Waals surface area (Å²) in [6, 6.07) is 0. The van der Waals surface area contributed by atoms with Gasteiger partial charge in [0.25, 0.3) is 0 Å². The van der Waals surface area contributed by atoms with Gasteiger partial charge in [0.2, 0.25) is 0 Å². The van der Waals surface area contributed by atoms with Crippen LogP contribution in [0.15, 0.2) is 5.10 Å². The fraction of sp³-hybridized carbons (Fsp3) is 0.923. The van der Waals surface area contributed by atoms with Crippen LogP contribution >= 0.6 is 0 Å². The minimum atomic E-state index is 0.0797. The van der Waals surface area contributed by atoms with Gasteiger partial charge >= 0.3 is 0 Å². The number of nitrogens with zero attached hydrogens (tertiary/aromatic N) is 1. The van der Waals surface area contributed by atoms with Gasteiger partial charge in [0.05, 0.1) is 0 Å². The van der Waals surface area contributed by atoms with E-state index in [9.17, 15) is 0 Å². The molecule has 0 fully saturated rings. The van der Waals surface area contributed by atoms with E-state index in [1.165, 1.54) is 25.0 Å². The van der Waals surface area contributed by atoms with E-state index in [0.717, 1.165) is 12.3 Å². The quantitative estimate of drug-likeness (QED) is 0.523. The van der Waals surface area contributed by atoms with E-state index in [2.05, 4.69) is 52.1 Å². The van der Waals surface area contributed by atoms with Crippen LogP contribution < -0.4 is 5.43 Å². The van der Waals surface area contributed by atoms with Crippen LogP contribution in [0.2, 0.25) is 0 Å². The van der Waals surface area contributed by atoms with Crippen molar-refractivity contribution in [1.29, 1.82) is 0 Å². The van der Waals surface area contributed by atoms with Crippen LogP contribution in [0.1, 0.15) is 67.2 Å². The van der Waals surface area contributed by atoms with E-state index in [1.807, 2.05) is 0 Å². The van der Waals surface area contributed by atoms with E-state index in [0.29, 0.717) is 0 Å². The van der Waals surface area contributed by atoms with Crippen LogP contribution in [-0.4, -0.2) is 11.3 Å². The van der Waals surface area contributed by atoms with E-state index < -0.39 is 0 Å². The Morgan fingerprint density at radius 1 is 1.27 bits per heavy atom. The minimum absolute atomic E-state index is 0.0797. The first kappa shape index (κ1) is 14.5. The lowest BCUT2D eigenvalue weighted by Crippen LogP contribution is -2.32. The number of nitrogens with one attached hydrogen (secondary N) is 1. The van der Waals surface area contributed by atoms with Crippen LogP contribution in [0.5, 0.6) is 0 Å². The van der Waals surface area contributed by atoms with Gasteiger partial charge in [-0.05, 0) is 46.5 Å². The molecule has 0 rings (SSSR count). The fourth-order valence-corrected chi connectivity index (χ4v) is 1.41. The Balaban J connectivity index is 3.78. The Morgan fingerprint density at radius 2 is 1.87 bits per heavy atom. The molecule has 0 aliphatic carbocycles. The van der Waals surface area contributed by atoms with E-state index >= 15 is 0 Å². The summed E-state index contributed by atoms with van der Waals surface area (Å²) in [6.07, 6.45) is 5.00. The van der Waals surface area contributed by atoms with E-state index in [-0.39, 0.29) is 5.54 Å². The Hall–Kier alpha value is -0.530. The molecule has 2 heteroatoms. The molecule has 0 aliphatic heterocycles. The molecule has 0 radical (unpaired) electrons. The maximum atomic E-state index is 4.39. The van der Waals surface area contributed by atoms with Gasteiger partial charge in [0.1, 0.15) is 0 Å². The maximum absolute atomic E-state index is 4.39. The standard InChI is InChI=1S/C13H28N2/c1-7-8-11(2)9-10-12(3)14-15-13(4,5)6/h11,15H,7-10H2,1-6H3. The zero-order chi connectivity index (χ0) is 11.9. The number of rotatable bonds is 6. The molecule has 0 saturated heterocycles. The first-order valence-electron chi connectivity index (χ1n) is 6.15. The predicted octanol–water partition coefficient (Wildman–Crippen LogP) is 3.97. The summed E-state index contributed by atoms with van der Waals surface area (Å²) >= 11 is 0. The van der Waals surface area contributed by atoms with Crippen molar-refractivity contribution in [2.24, 2.45) is 11.0 Å². The highest BCUT2D eigenvalue weighted by Gasteiger charge is 2.07. The molecule has 0 bridgehead atoms. The summed E-state index contributed by atoms with van der Waals surface area (Å²) in [4.78, 5) is 0. The van der Waals surface area contributed by atoms with Gasteiger partial charge in [0, 0.05) is 11.3 Å². The zero-order valence-electron chi connectivity index (χ0n) is 11.4. The smallest absolute Gasteiger partial charge is 0.0464 e. The largest absolute Gasteiger partial charge is 0.305 e. The molecule has 0 spiro atoms. The monoisotopic (exact) mass is 212 g/mol. The summed E-state index contributed by atoms with van der Waals surface area (Å²) in [5, 5.41) is 4.39. The van der Waals surface area contributed by atoms with Crippen LogP contribution in [0.4, 0.5) is 0 Å². The third-order valence-corrected chi connectivity index (χ3v) is 2.36. The number of hydrogen-bond donors (Lipinski definition) is 1. The van der Waals surface area contributed by atoms with Crippen molar-refractivity contribution in [3.63, 3.8) is 0 Å². The molecule has 0 aromatic heterocycles. The van der Waals surface area contributed by atoms with Gasteiger partial charge in [-0.3, -0.25) is 0 Å². The summed E-state index contributed by atoms with van der Waals surface area (Å²) in [5.74, 6) is 0.829. The van der Waals surface area contributed by atoms with Gasteiger partial charge in [-0.2, -0.15) is 5.10 Å². The molecule has 1 atom stereocenters. The van der Waals surface area contributed by atoms with Crippen LogP contribution in [-0.2, 0) is 0 Å². The average Bonchev–Trinajstić information content (AvgIpc) is 2.11. The van der Waals surface area contributed by atoms with Gasteiger partial charge in [-0.25, -0.2) is 0 Å². The van der Waals surface area contributed by atoms with Gasteiger partial charge in [-0.15, -0.1) is 0 Å². The summed E-state index contributed by atoms with van der Waals surface area (Å²) < 4.78 is 0. The predicted molar refractivity (Wildman–Crippen MR) is 69.3 cm³/mol. The van der Waals surface area contributed by atoms with Gasteiger partial charge in [0.15, 0.2) is 0 Å². The number of hydrazone groups is 1. The molecule has 2 nitrogen and oxygen atoms in total. The summed E-state index contributed by atoms with van der Waals surface area (Å²) in [7, 11) is 0. The molecule has 0 saturated carbocycles. The Labute approximate surface area is 95.5 Å². The molecular formula is C13H28N2. The van der Waals surface area contributed by atoms with Crippen molar-refractivity contribution in [2.75, 3.05) is 0 Å². The lowest BCUT2D eigenvalue weighted by molar-refractivity contribution is 0.438. The summed E-state index contributed by atoms with van der Waals surface area (Å²) in [5.41, 5.74) is 4.46. The third-order valence-electron chi connectivity index (χ3n) is 2.36. The lowest BCUT2D eigenvalue weighted by atomic mass is 9.99. The minimum Gasteiger partial charge on any atom is -0.305 e. The molecule has 0 heterocycles. The highest BCUT2D eigenvalue weighted by atomic mass is 15.3. The average molecular weight is 212 g/mol. The third kappa shape index (κ3) is 9.77. The molecule has 0 aliphatic rings. The Morgan fingerprint density at radius 3 is 2.33 bits per heavy atom. The zero-order valence-corrected chi connectivity index (χ0v) is 11.4. The van der Waals surface area contributed by atoms with Crippen molar-refractivity contribution >= 4 is 5.71 Å². The first-order chi connectivity index (χ1) is 6.85. The van der Waals surface area contributed by atoms with E-state index in [4.69, 9.17) is 0 Å². The molecule has 0 aromatic rings. The molecule has 15 heavy (non-hydrogen) atoms. The Bertz CT molecular complexity index is 189. The first-order valence-corrected chi connectivity index (χ1v) is 6.15. The SMILES string of the molecule is CCCC(C)CCC(C)=NNC(C)(C)C. The topological polar surface area (TPSA) is 24.4 Å².